The number of carbonyl (C=O) groups is 1. The Hall–Kier alpha value is -1.82. The van der Waals surface area contributed by atoms with Gasteiger partial charge in [0.05, 0.1) is 19.3 Å². The van der Waals surface area contributed by atoms with Crippen molar-refractivity contribution < 1.29 is 19.0 Å². The normalized spacial score (nSPS) is 21.2. The molecule has 0 saturated heterocycles. The molecule has 0 spiro atoms. The van der Waals surface area contributed by atoms with Gasteiger partial charge in [0.25, 0.3) is 0 Å². The van der Waals surface area contributed by atoms with E-state index in [2.05, 4.69) is 10.6 Å². The van der Waals surface area contributed by atoms with Gasteiger partial charge in [-0.25, -0.2) is 9.18 Å². The van der Waals surface area contributed by atoms with Crippen LogP contribution in [0, 0.1) is 5.82 Å². The lowest BCUT2D eigenvalue weighted by atomic mass is 9.93. The number of nitrogens with one attached hydrogen (secondary N) is 2. The number of carbonyl (C=O) groups excluding carboxylic acids is 1. The molecule has 0 bridgehead atoms. The fourth-order valence-electron chi connectivity index (χ4n) is 2.68. The Morgan fingerprint density at radius 3 is 2.91 bits per heavy atom. The minimum absolute atomic E-state index is 0.167. The summed E-state index contributed by atoms with van der Waals surface area (Å²) in [7, 11) is 1.42. The van der Waals surface area contributed by atoms with Gasteiger partial charge in [0.15, 0.2) is 11.6 Å². The van der Waals surface area contributed by atoms with E-state index in [9.17, 15) is 14.3 Å². The number of hydrogen-bond donors (Lipinski definition) is 3. The number of amides is 2. The van der Waals surface area contributed by atoms with E-state index < -0.39 is 11.9 Å². The molecule has 122 valence electrons. The van der Waals surface area contributed by atoms with Gasteiger partial charge in [0.2, 0.25) is 0 Å². The van der Waals surface area contributed by atoms with Crippen molar-refractivity contribution >= 4 is 6.03 Å². The number of urea groups is 1. The summed E-state index contributed by atoms with van der Waals surface area (Å²) in [4.78, 5) is 11.8. The maximum atomic E-state index is 13.3. The first-order valence-corrected chi connectivity index (χ1v) is 7.65. The summed E-state index contributed by atoms with van der Waals surface area (Å²) in [6.45, 7) is 0.434. The average Bonchev–Trinajstić information content (AvgIpc) is 2.51. The molecule has 0 aliphatic heterocycles. The minimum Gasteiger partial charge on any atom is -0.494 e. The van der Waals surface area contributed by atoms with Gasteiger partial charge in [0, 0.05) is 6.54 Å². The highest BCUT2D eigenvalue weighted by atomic mass is 19.1. The molecule has 1 fully saturated rings. The van der Waals surface area contributed by atoms with Gasteiger partial charge in [-0.2, -0.15) is 0 Å². The molecule has 0 unspecified atom stereocenters. The lowest BCUT2D eigenvalue weighted by molar-refractivity contribution is 0.0943. The Bertz CT molecular complexity index is 510. The van der Waals surface area contributed by atoms with Crippen LogP contribution in [0.5, 0.6) is 5.75 Å². The zero-order valence-corrected chi connectivity index (χ0v) is 12.8. The van der Waals surface area contributed by atoms with Gasteiger partial charge in [-0.05, 0) is 37.0 Å². The summed E-state index contributed by atoms with van der Waals surface area (Å²) in [6.07, 6.45) is 3.70. The van der Waals surface area contributed by atoms with E-state index >= 15 is 0 Å². The smallest absolute Gasteiger partial charge is 0.315 e. The average molecular weight is 310 g/mol. The molecule has 6 heteroatoms. The lowest BCUT2D eigenvalue weighted by Crippen LogP contribution is -2.49. The standard InChI is InChI=1S/C16H23FN2O3/c1-22-15-10-11(6-7-12(15)17)8-9-18-16(21)19-13-4-2-3-5-14(13)20/h6-7,10,13-14,20H,2-5,8-9H2,1H3,(H2,18,19,21)/t13-,14-/m0/s1. The maximum Gasteiger partial charge on any atom is 0.315 e. The van der Waals surface area contributed by atoms with Crippen molar-refractivity contribution in [3.05, 3.63) is 29.6 Å². The second-order valence-electron chi connectivity index (χ2n) is 5.58. The summed E-state index contributed by atoms with van der Waals surface area (Å²) in [5.74, 6) is -0.199. The van der Waals surface area contributed by atoms with E-state index in [1.165, 1.54) is 13.2 Å². The Balaban J connectivity index is 1.74. The van der Waals surface area contributed by atoms with E-state index in [1.54, 1.807) is 12.1 Å². The monoisotopic (exact) mass is 310 g/mol. The second kappa shape index (κ2) is 7.98. The Morgan fingerprint density at radius 1 is 1.41 bits per heavy atom. The van der Waals surface area contributed by atoms with E-state index in [-0.39, 0.29) is 17.8 Å². The van der Waals surface area contributed by atoms with E-state index in [0.717, 1.165) is 31.2 Å². The summed E-state index contributed by atoms with van der Waals surface area (Å²) in [5.41, 5.74) is 0.885. The fourth-order valence-corrected chi connectivity index (χ4v) is 2.68. The zero-order valence-electron chi connectivity index (χ0n) is 12.8. The third-order valence-corrected chi connectivity index (χ3v) is 3.96. The summed E-state index contributed by atoms with van der Waals surface area (Å²) in [6, 6.07) is 4.20. The van der Waals surface area contributed by atoms with Crippen LogP contribution in [-0.2, 0) is 6.42 Å². The van der Waals surface area contributed by atoms with Gasteiger partial charge in [0.1, 0.15) is 0 Å². The number of ether oxygens (including phenoxy) is 1. The molecule has 1 aliphatic rings. The number of hydrogen-bond acceptors (Lipinski definition) is 3. The fraction of sp³-hybridized carbons (Fsp3) is 0.562. The predicted octanol–water partition coefficient (Wildman–Crippen LogP) is 1.98. The van der Waals surface area contributed by atoms with Crippen LogP contribution in [0.4, 0.5) is 9.18 Å². The van der Waals surface area contributed by atoms with Crippen molar-refractivity contribution in [2.75, 3.05) is 13.7 Å². The highest BCUT2D eigenvalue weighted by Gasteiger charge is 2.24. The first kappa shape index (κ1) is 16.5. The first-order chi connectivity index (χ1) is 10.6. The van der Waals surface area contributed by atoms with Gasteiger partial charge in [-0.3, -0.25) is 0 Å². The van der Waals surface area contributed by atoms with Crippen molar-refractivity contribution in [3.63, 3.8) is 0 Å². The van der Waals surface area contributed by atoms with Crippen LogP contribution < -0.4 is 15.4 Å². The van der Waals surface area contributed by atoms with Crippen LogP contribution in [0.2, 0.25) is 0 Å². The topological polar surface area (TPSA) is 70.6 Å². The maximum absolute atomic E-state index is 13.3. The van der Waals surface area contributed by atoms with Crippen LogP contribution in [-0.4, -0.2) is 36.9 Å². The quantitative estimate of drug-likeness (QED) is 0.779. The Kier molecular flexibility index (Phi) is 6.00. The molecule has 0 radical (unpaired) electrons. The Morgan fingerprint density at radius 2 is 2.18 bits per heavy atom. The van der Waals surface area contributed by atoms with Gasteiger partial charge in [-0.15, -0.1) is 0 Å². The van der Waals surface area contributed by atoms with Gasteiger partial charge in [-0.1, -0.05) is 18.9 Å². The predicted molar refractivity (Wildman–Crippen MR) is 81.5 cm³/mol. The number of methoxy groups -OCH3 is 1. The third-order valence-electron chi connectivity index (χ3n) is 3.96. The molecule has 2 rings (SSSR count). The van der Waals surface area contributed by atoms with Crippen LogP contribution in [0.25, 0.3) is 0 Å². The molecule has 0 aromatic heterocycles. The van der Waals surface area contributed by atoms with Crippen LogP contribution >= 0.6 is 0 Å². The molecular weight excluding hydrogens is 287 g/mol. The van der Waals surface area contributed by atoms with Crippen molar-refractivity contribution in [1.82, 2.24) is 10.6 Å². The van der Waals surface area contributed by atoms with Crippen molar-refractivity contribution in [3.8, 4) is 5.75 Å². The van der Waals surface area contributed by atoms with Crippen molar-refractivity contribution in [1.29, 1.82) is 0 Å². The minimum atomic E-state index is -0.458. The van der Waals surface area contributed by atoms with E-state index in [0.29, 0.717) is 13.0 Å². The SMILES string of the molecule is COc1cc(CCNC(=O)N[C@H]2CCCC[C@@H]2O)ccc1F. The van der Waals surface area contributed by atoms with Crippen LogP contribution in [0.1, 0.15) is 31.2 Å². The number of aliphatic hydroxyl groups is 1. The molecule has 2 amide bonds. The molecule has 1 saturated carbocycles. The molecule has 1 aromatic carbocycles. The molecule has 0 heterocycles. The molecule has 2 atom stereocenters. The van der Waals surface area contributed by atoms with E-state index in [4.69, 9.17) is 4.74 Å². The number of benzene rings is 1. The first-order valence-electron chi connectivity index (χ1n) is 7.65. The van der Waals surface area contributed by atoms with Crippen LogP contribution in [0.3, 0.4) is 0 Å². The zero-order chi connectivity index (χ0) is 15.9. The van der Waals surface area contributed by atoms with Crippen molar-refractivity contribution in [2.24, 2.45) is 0 Å². The number of halogens is 1. The second-order valence-corrected chi connectivity index (χ2v) is 5.58. The number of aliphatic hydroxyl groups excluding tert-OH is 1. The molecule has 22 heavy (non-hydrogen) atoms. The molecule has 5 nitrogen and oxygen atoms in total. The molecular formula is C16H23FN2O3. The number of rotatable bonds is 5. The third kappa shape index (κ3) is 4.59. The highest BCUT2D eigenvalue weighted by Crippen LogP contribution is 2.19. The Labute approximate surface area is 129 Å². The van der Waals surface area contributed by atoms with Gasteiger partial charge >= 0.3 is 6.03 Å². The van der Waals surface area contributed by atoms with Crippen LogP contribution in [0.15, 0.2) is 18.2 Å². The molecule has 3 N–H and O–H groups in total. The van der Waals surface area contributed by atoms with Gasteiger partial charge < -0.3 is 20.5 Å². The highest BCUT2D eigenvalue weighted by molar-refractivity contribution is 5.74. The van der Waals surface area contributed by atoms with Crippen molar-refractivity contribution in [2.45, 2.75) is 44.2 Å². The lowest BCUT2D eigenvalue weighted by Gasteiger charge is -2.28. The molecule has 1 aliphatic carbocycles. The summed E-state index contributed by atoms with van der Waals surface area (Å²) >= 11 is 0. The summed E-state index contributed by atoms with van der Waals surface area (Å²) in [5, 5.41) is 15.4. The largest absolute Gasteiger partial charge is 0.494 e. The summed E-state index contributed by atoms with van der Waals surface area (Å²) < 4.78 is 18.2. The van der Waals surface area contributed by atoms with E-state index in [1.807, 2.05) is 0 Å². The molecule has 1 aromatic rings.